The molecule has 1 aliphatic heterocycles. The predicted octanol–water partition coefficient (Wildman–Crippen LogP) is 2.86. The maximum atomic E-state index is 9.00. The van der Waals surface area contributed by atoms with Gasteiger partial charge in [0.2, 0.25) is 0 Å². The van der Waals surface area contributed by atoms with E-state index < -0.39 is 0 Å². The molecule has 3 rings (SSSR count). The molecule has 0 aliphatic carbocycles. The van der Waals surface area contributed by atoms with Crippen LogP contribution in [0.25, 0.3) is 0 Å². The minimum atomic E-state index is 0.465. The molecule has 5 nitrogen and oxygen atoms in total. The molecule has 1 fully saturated rings. The average Bonchev–Trinajstić information content (AvgIpc) is 2.73. The molecule has 0 radical (unpaired) electrons. The van der Waals surface area contributed by atoms with Gasteiger partial charge in [0.25, 0.3) is 0 Å². The second-order valence-electron chi connectivity index (χ2n) is 7.57. The average molecular weight is 379 g/mol. The van der Waals surface area contributed by atoms with Gasteiger partial charge in [-0.15, -0.1) is 0 Å². The standard InChI is InChI=1S/C23H30N4O/c1-19(27-11-9-26(2)10-12-27)16-25-17-21-6-4-8-23(14-21)28-18-22-7-3-5-20(13-22)15-24/h3-8,13-14,19,25H,9-12,16-18H2,1-2H3. The van der Waals surface area contributed by atoms with Crippen LogP contribution in [0.15, 0.2) is 48.5 Å². The number of ether oxygens (including phenoxy) is 1. The molecular formula is C23H30N4O. The Morgan fingerprint density at radius 2 is 1.82 bits per heavy atom. The van der Waals surface area contributed by atoms with E-state index in [1.165, 1.54) is 5.56 Å². The van der Waals surface area contributed by atoms with Crippen molar-refractivity contribution >= 4 is 0 Å². The van der Waals surface area contributed by atoms with Crippen molar-refractivity contribution in [3.8, 4) is 11.8 Å². The number of hydrogen-bond donors (Lipinski definition) is 1. The maximum Gasteiger partial charge on any atom is 0.120 e. The predicted molar refractivity (Wildman–Crippen MR) is 112 cm³/mol. The van der Waals surface area contributed by atoms with Gasteiger partial charge in [-0.3, -0.25) is 4.90 Å². The molecule has 28 heavy (non-hydrogen) atoms. The summed E-state index contributed by atoms with van der Waals surface area (Å²) in [5.74, 6) is 0.855. The Bertz CT molecular complexity index is 793. The molecule has 0 spiro atoms. The monoisotopic (exact) mass is 378 g/mol. The summed E-state index contributed by atoms with van der Waals surface area (Å²) in [6.45, 7) is 9.18. The largest absolute Gasteiger partial charge is 0.489 e. The zero-order chi connectivity index (χ0) is 19.8. The van der Waals surface area contributed by atoms with Crippen molar-refractivity contribution in [2.45, 2.75) is 26.1 Å². The molecular weight excluding hydrogens is 348 g/mol. The Balaban J connectivity index is 1.45. The Morgan fingerprint density at radius 1 is 1.07 bits per heavy atom. The van der Waals surface area contributed by atoms with Gasteiger partial charge in [-0.2, -0.15) is 5.26 Å². The summed E-state index contributed by atoms with van der Waals surface area (Å²) in [6.07, 6.45) is 0. The highest BCUT2D eigenvalue weighted by Crippen LogP contribution is 2.16. The van der Waals surface area contributed by atoms with Crippen LogP contribution < -0.4 is 10.1 Å². The van der Waals surface area contributed by atoms with Gasteiger partial charge in [0, 0.05) is 45.3 Å². The van der Waals surface area contributed by atoms with Gasteiger partial charge in [0.15, 0.2) is 0 Å². The van der Waals surface area contributed by atoms with Crippen LogP contribution in [0, 0.1) is 11.3 Å². The van der Waals surface area contributed by atoms with Gasteiger partial charge in [0.05, 0.1) is 11.6 Å². The molecule has 0 aromatic heterocycles. The SMILES string of the molecule is CC(CNCc1cccc(OCc2cccc(C#N)c2)c1)N1CCN(C)CC1. The van der Waals surface area contributed by atoms with Crippen LogP contribution in [0.1, 0.15) is 23.6 Å². The smallest absolute Gasteiger partial charge is 0.120 e. The van der Waals surface area contributed by atoms with E-state index in [0.717, 1.165) is 50.6 Å². The summed E-state index contributed by atoms with van der Waals surface area (Å²) in [6, 6.07) is 18.5. The first kappa shape index (κ1) is 20.3. The Kier molecular flexibility index (Phi) is 7.44. The topological polar surface area (TPSA) is 51.5 Å². The number of likely N-dealkylation sites (N-methyl/N-ethyl adjacent to an activating group) is 1. The third kappa shape index (κ3) is 6.07. The fourth-order valence-corrected chi connectivity index (χ4v) is 3.46. The van der Waals surface area contributed by atoms with E-state index in [0.29, 0.717) is 18.2 Å². The molecule has 1 atom stereocenters. The fraction of sp³-hybridized carbons (Fsp3) is 0.435. The minimum Gasteiger partial charge on any atom is -0.489 e. The third-order valence-electron chi connectivity index (χ3n) is 5.29. The van der Waals surface area contributed by atoms with Crippen molar-refractivity contribution in [1.29, 1.82) is 5.26 Å². The number of benzene rings is 2. The molecule has 1 heterocycles. The first-order chi connectivity index (χ1) is 13.6. The number of piperazine rings is 1. The summed E-state index contributed by atoms with van der Waals surface area (Å²) in [7, 11) is 2.19. The minimum absolute atomic E-state index is 0.465. The summed E-state index contributed by atoms with van der Waals surface area (Å²) in [5, 5.41) is 12.6. The van der Waals surface area contributed by atoms with Crippen LogP contribution in [0.5, 0.6) is 5.75 Å². The Hall–Kier alpha value is -2.39. The van der Waals surface area contributed by atoms with E-state index in [-0.39, 0.29) is 0 Å². The Morgan fingerprint density at radius 3 is 2.61 bits per heavy atom. The van der Waals surface area contributed by atoms with E-state index in [4.69, 9.17) is 10.00 Å². The first-order valence-corrected chi connectivity index (χ1v) is 9.98. The van der Waals surface area contributed by atoms with E-state index in [2.05, 4.69) is 47.3 Å². The number of nitrogens with one attached hydrogen (secondary N) is 1. The summed E-state index contributed by atoms with van der Waals surface area (Å²) in [4.78, 5) is 4.95. The number of rotatable bonds is 8. The van der Waals surface area contributed by atoms with Crippen molar-refractivity contribution in [2.24, 2.45) is 0 Å². The number of hydrogen-bond acceptors (Lipinski definition) is 5. The molecule has 5 heteroatoms. The van der Waals surface area contributed by atoms with Crippen molar-refractivity contribution in [2.75, 3.05) is 39.8 Å². The molecule has 1 aliphatic rings. The van der Waals surface area contributed by atoms with Crippen LogP contribution in [-0.2, 0) is 13.2 Å². The van der Waals surface area contributed by atoms with Gasteiger partial charge < -0.3 is 15.0 Å². The molecule has 1 unspecified atom stereocenters. The van der Waals surface area contributed by atoms with Crippen molar-refractivity contribution < 1.29 is 4.74 Å². The summed E-state index contributed by atoms with van der Waals surface area (Å²) < 4.78 is 5.91. The molecule has 2 aromatic carbocycles. The van der Waals surface area contributed by atoms with Crippen LogP contribution in [-0.4, -0.2) is 55.6 Å². The van der Waals surface area contributed by atoms with E-state index in [1.54, 1.807) is 6.07 Å². The van der Waals surface area contributed by atoms with Gasteiger partial charge >= 0.3 is 0 Å². The van der Waals surface area contributed by atoms with Crippen molar-refractivity contribution in [1.82, 2.24) is 15.1 Å². The lowest BCUT2D eigenvalue weighted by atomic mass is 10.1. The summed E-state index contributed by atoms with van der Waals surface area (Å²) in [5.41, 5.74) is 2.88. The molecule has 1 N–H and O–H groups in total. The van der Waals surface area contributed by atoms with Gasteiger partial charge in [-0.1, -0.05) is 24.3 Å². The van der Waals surface area contributed by atoms with Crippen LogP contribution in [0.4, 0.5) is 0 Å². The van der Waals surface area contributed by atoms with Crippen molar-refractivity contribution in [3.05, 3.63) is 65.2 Å². The second kappa shape index (κ2) is 10.2. The van der Waals surface area contributed by atoms with Crippen molar-refractivity contribution in [3.63, 3.8) is 0 Å². The van der Waals surface area contributed by atoms with E-state index in [9.17, 15) is 0 Å². The molecule has 0 bridgehead atoms. The molecule has 1 saturated heterocycles. The zero-order valence-corrected chi connectivity index (χ0v) is 16.9. The lowest BCUT2D eigenvalue weighted by Crippen LogP contribution is -2.50. The summed E-state index contributed by atoms with van der Waals surface area (Å²) >= 11 is 0. The van der Waals surface area contributed by atoms with Gasteiger partial charge in [0.1, 0.15) is 12.4 Å². The normalized spacial score (nSPS) is 16.5. The zero-order valence-electron chi connectivity index (χ0n) is 16.9. The van der Waals surface area contributed by atoms with E-state index in [1.807, 2.05) is 30.3 Å². The highest BCUT2D eigenvalue weighted by molar-refractivity contribution is 5.33. The quantitative estimate of drug-likeness (QED) is 0.765. The molecule has 0 saturated carbocycles. The molecule has 2 aromatic rings. The lowest BCUT2D eigenvalue weighted by Gasteiger charge is -2.36. The number of nitriles is 1. The van der Waals surface area contributed by atoms with Crippen LogP contribution >= 0.6 is 0 Å². The van der Waals surface area contributed by atoms with Gasteiger partial charge in [-0.05, 0) is 49.4 Å². The van der Waals surface area contributed by atoms with Crippen LogP contribution in [0.2, 0.25) is 0 Å². The maximum absolute atomic E-state index is 9.00. The molecule has 0 amide bonds. The highest BCUT2D eigenvalue weighted by Gasteiger charge is 2.18. The third-order valence-corrected chi connectivity index (χ3v) is 5.29. The van der Waals surface area contributed by atoms with E-state index >= 15 is 0 Å². The molecule has 148 valence electrons. The van der Waals surface area contributed by atoms with Crippen LogP contribution in [0.3, 0.4) is 0 Å². The highest BCUT2D eigenvalue weighted by atomic mass is 16.5. The number of nitrogens with zero attached hydrogens (tertiary/aromatic N) is 3. The second-order valence-corrected chi connectivity index (χ2v) is 7.57. The lowest BCUT2D eigenvalue weighted by molar-refractivity contribution is 0.118. The fourth-order valence-electron chi connectivity index (χ4n) is 3.46. The van der Waals surface area contributed by atoms with Gasteiger partial charge in [-0.25, -0.2) is 0 Å². The first-order valence-electron chi connectivity index (χ1n) is 9.98. The Labute approximate surface area is 168 Å².